The van der Waals surface area contributed by atoms with E-state index in [9.17, 15) is 0 Å². The highest BCUT2D eigenvalue weighted by molar-refractivity contribution is 7.09. The summed E-state index contributed by atoms with van der Waals surface area (Å²) in [7, 11) is 2.04. The number of thiazole rings is 1. The summed E-state index contributed by atoms with van der Waals surface area (Å²) in [6, 6.07) is 0.502. The number of hydrogen-bond acceptors (Lipinski definition) is 4. The fourth-order valence-corrected chi connectivity index (χ4v) is 2.94. The molecule has 16 heavy (non-hydrogen) atoms. The predicted molar refractivity (Wildman–Crippen MR) is 66.9 cm³/mol. The highest BCUT2D eigenvalue weighted by atomic mass is 32.1. The second kappa shape index (κ2) is 5.75. The summed E-state index contributed by atoms with van der Waals surface area (Å²) in [4.78, 5) is 4.53. The van der Waals surface area contributed by atoms with Crippen LogP contribution in [-0.4, -0.2) is 31.3 Å². The number of hydrogen-bond donors (Lipinski definition) is 1. The largest absolute Gasteiger partial charge is 0.381 e. The van der Waals surface area contributed by atoms with E-state index in [2.05, 4.69) is 22.6 Å². The molecule has 0 aromatic carbocycles. The van der Waals surface area contributed by atoms with E-state index < -0.39 is 0 Å². The van der Waals surface area contributed by atoms with Gasteiger partial charge in [0.05, 0.1) is 17.3 Å². The van der Waals surface area contributed by atoms with E-state index in [-0.39, 0.29) is 0 Å². The number of aromatic nitrogens is 1. The fourth-order valence-electron chi connectivity index (χ4n) is 2.31. The Bertz CT molecular complexity index is 321. The summed E-state index contributed by atoms with van der Waals surface area (Å²) >= 11 is 1.73. The minimum atomic E-state index is 0.502. The lowest BCUT2D eigenvalue weighted by molar-refractivity contribution is 0.0404. The van der Waals surface area contributed by atoms with Gasteiger partial charge in [0.2, 0.25) is 0 Å². The maximum Gasteiger partial charge on any atom is 0.0897 e. The molecule has 4 heteroatoms. The summed E-state index contributed by atoms with van der Waals surface area (Å²) in [5.74, 6) is 0.640. The third-order valence-corrected chi connectivity index (χ3v) is 4.05. The van der Waals surface area contributed by atoms with Gasteiger partial charge in [-0.25, -0.2) is 4.98 Å². The summed E-state index contributed by atoms with van der Waals surface area (Å²) in [6.07, 6.45) is 3.49. The topological polar surface area (TPSA) is 34.2 Å². The molecule has 3 nitrogen and oxygen atoms in total. The van der Waals surface area contributed by atoms with E-state index in [1.54, 1.807) is 11.3 Å². The van der Waals surface area contributed by atoms with Gasteiger partial charge in [-0.1, -0.05) is 0 Å². The molecule has 0 bridgehead atoms. The van der Waals surface area contributed by atoms with Crippen molar-refractivity contribution in [2.45, 2.75) is 32.2 Å². The van der Waals surface area contributed by atoms with Gasteiger partial charge in [0, 0.05) is 24.4 Å². The highest BCUT2D eigenvalue weighted by Gasteiger charge is 2.23. The molecule has 0 spiro atoms. The smallest absolute Gasteiger partial charge is 0.0897 e. The Morgan fingerprint density at radius 1 is 1.69 bits per heavy atom. The third-order valence-electron chi connectivity index (χ3n) is 3.23. The van der Waals surface area contributed by atoms with Gasteiger partial charge in [-0.15, -0.1) is 11.3 Å². The van der Waals surface area contributed by atoms with Gasteiger partial charge in [-0.2, -0.15) is 0 Å². The minimum absolute atomic E-state index is 0.502. The van der Waals surface area contributed by atoms with Crippen LogP contribution in [0, 0.1) is 12.8 Å². The molecule has 1 aromatic heterocycles. The molecule has 90 valence electrons. The van der Waals surface area contributed by atoms with Crippen molar-refractivity contribution in [1.82, 2.24) is 10.3 Å². The van der Waals surface area contributed by atoms with Crippen molar-refractivity contribution in [3.63, 3.8) is 0 Å². The van der Waals surface area contributed by atoms with Crippen molar-refractivity contribution in [3.8, 4) is 0 Å². The Balaban J connectivity index is 1.94. The maximum absolute atomic E-state index is 5.55. The van der Waals surface area contributed by atoms with Crippen LogP contribution in [0.25, 0.3) is 0 Å². The number of ether oxygens (including phenoxy) is 1. The van der Waals surface area contributed by atoms with E-state index in [0.717, 1.165) is 24.6 Å². The number of nitrogens with one attached hydrogen (secondary N) is 1. The molecule has 2 atom stereocenters. The minimum Gasteiger partial charge on any atom is -0.381 e. The molecule has 1 aliphatic heterocycles. The molecule has 2 rings (SSSR count). The van der Waals surface area contributed by atoms with Gasteiger partial charge >= 0.3 is 0 Å². The Morgan fingerprint density at radius 3 is 3.12 bits per heavy atom. The van der Waals surface area contributed by atoms with Crippen LogP contribution in [-0.2, 0) is 11.2 Å². The summed E-state index contributed by atoms with van der Waals surface area (Å²) in [5, 5.41) is 6.74. The third kappa shape index (κ3) is 3.03. The highest BCUT2D eigenvalue weighted by Crippen LogP contribution is 2.20. The average molecular weight is 240 g/mol. The SMILES string of the molecule is CNC(Cc1csc(C)n1)C1CCCOC1. The van der Waals surface area contributed by atoms with Gasteiger partial charge in [-0.05, 0) is 32.7 Å². The Hall–Kier alpha value is -0.450. The number of likely N-dealkylation sites (N-methyl/N-ethyl adjacent to an activating group) is 1. The Morgan fingerprint density at radius 2 is 2.56 bits per heavy atom. The van der Waals surface area contributed by atoms with Crippen LogP contribution >= 0.6 is 11.3 Å². The molecule has 0 amide bonds. The molecule has 2 unspecified atom stereocenters. The zero-order chi connectivity index (χ0) is 11.4. The second-order valence-electron chi connectivity index (χ2n) is 4.43. The molecule has 1 N–H and O–H groups in total. The average Bonchev–Trinajstić information content (AvgIpc) is 2.73. The molecule has 1 saturated heterocycles. The lowest BCUT2D eigenvalue weighted by Gasteiger charge is -2.29. The molecule has 0 radical (unpaired) electrons. The Labute approximate surface area is 101 Å². The standard InChI is InChI=1S/C12H20N2OS/c1-9-14-11(8-16-9)6-12(13-2)10-4-3-5-15-7-10/h8,10,12-13H,3-7H2,1-2H3. The van der Waals surface area contributed by atoms with E-state index in [1.165, 1.54) is 18.5 Å². The van der Waals surface area contributed by atoms with Crippen molar-refractivity contribution in [2.24, 2.45) is 5.92 Å². The van der Waals surface area contributed by atoms with Crippen molar-refractivity contribution >= 4 is 11.3 Å². The Kier molecular flexibility index (Phi) is 4.32. The lowest BCUT2D eigenvalue weighted by atomic mass is 9.91. The molecule has 0 aliphatic carbocycles. The summed E-state index contributed by atoms with van der Waals surface area (Å²) < 4.78 is 5.55. The molecule has 1 aromatic rings. The zero-order valence-corrected chi connectivity index (χ0v) is 10.8. The maximum atomic E-state index is 5.55. The van der Waals surface area contributed by atoms with Crippen LogP contribution in [0.3, 0.4) is 0 Å². The molecular weight excluding hydrogens is 220 g/mol. The second-order valence-corrected chi connectivity index (χ2v) is 5.50. The monoisotopic (exact) mass is 240 g/mol. The van der Waals surface area contributed by atoms with Gasteiger partial charge in [-0.3, -0.25) is 0 Å². The first kappa shape index (κ1) is 12.0. The van der Waals surface area contributed by atoms with E-state index in [4.69, 9.17) is 4.74 Å². The molecule has 2 heterocycles. The van der Waals surface area contributed by atoms with Gasteiger partial charge in [0.1, 0.15) is 0 Å². The van der Waals surface area contributed by atoms with E-state index in [1.807, 2.05) is 7.05 Å². The fraction of sp³-hybridized carbons (Fsp3) is 0.750. The lowest BCUT2D eigenvalue weighted by Crippen LogP contribution is -2.39. The molecule has 1 fully saturated rings. The van der Waals surface area contributed by atoms with Crippen molar-refractivity contribution in [1.29, 1.82) is 0 Å². The molecule has 1 aliphatic rings. The van der Waals surface area contributed by atoms with Crippen molar-refractivity contribution in [2.75, 3.05) is 20.3 Å². The molecule has 0 saturated carbocycles. The number of aryl methyl sites for hydroxylation is 1. The first-order chi connectivity index (χ1) is 7.79. The van der Waals surface area contributed by atoms with Crippen LogP contribution in [0.4, 0.5) is 0 Å². The first-order valence-corrected chi connectivity index (χ1v) is 6.83. The summed E-state index contributed by atoms with van der Waals surface area (Å²) in [5.41, 5.74) is 1.22. The van der Waals surface area contributed by atoms with Crippen LogP contribution in [0.5, 0.6) is 0 Å². The van der Waals surface area contributed by atoms with E-state index in [0.29, 0.717) is 12.0 Å². The van der Waals surface area contributed by atoms with Gasteiger partial charge in [0.25, 0.3) is 0 Å². The quantitative estimate of drug-likeness (QED) is 0.874. The zero-order valence-electron chi connectivity index (χ0n) is 10.0. The first-order valence-electron chi connectivity index (χ1n) is 5.95. The van der Waals surface area contributed by atoms with Crippen molar-refractivity contribution in [3.05, 3.63) is 16.1 Å². The van der Waals surface area contributed by atoms with Crippen LogP contribution in [0.1, 0.15) is 23.5 Å². The molecular formula is C12H20N2OS. The van der Waals surface area contributed by atoms with Gasteiger partial charge in [0.15, 0.2) is 0 Å². The number of nitrogens with zero attached hydrogens (tertiary/aromatic N) is 1. The van der Waals surface area contributed by atoms with Crippen LogP contribution in [0.15, 0.2) is 5.38 Å². The van der Waals surface area contributed by atoms with E-state index >= 15 is 0 Å². The summed E-state index contributed by atoms with van der Waals surface area (Å²) in [6.45, 7) is 3.89. The predicted octanol–water partition coefficient (Wildman–Crippen LogP) is 2.01. The van der Waals surface area contributed by atoms with Crippen molar-refractivity contribution < 1.29 is 4.74 Å². The number of rotatable bonds is 4. The van der Waals surface area contributed by atoms with Crippen LogP contribution < -0.4 is 5.32 Å². The van der Waals surface area contributed by atoms with Crippen LogP contribution in [0.2, 0.25) is 0 Å². The van der Waals surface area contributed by atoms with Gasteiger partial charge < -0.3 is 10.1 Å². The normalized spacial score (nSPS) is 23.2.